The van der Waals surface area contributed by atoms with E-state index in [1.165, 1.54) is 11.3 Å². The summed E-state index contributed by atoms with van der Waals surface area (Å²) in [5.41, 5.74) is 1.75. The second-order valence-electron chi connectivity index (χ2n) is 7.35. The minimum Gasteiger partial charge on any atom is -0.352 e. The topological polar surface area (TPSA) is 70.0 Å². The quantitative estimate of drug-likeness (QED) is 0.839. The largest absolute Gasteiger partial charge is 0.352 e. The van der Waals surface area contributed by atoms with Crippen molar-refractivity contribution in [3.8, 4) is 0 Å². The lowest BCUT2D eigenvalue weighted by atomic mass is 10.2. The molecule has 0 aromatic carbocycles. The lowest BCUT2D eigenvalue weighted by Crippen LogP contribution is -2.53. The SMILES string of the molecule is Cc1csc2nc(CN3CCN(C(C)C(=O)NC4CC4)CC3)cc(=O)n12. The number of hydrogen-bond donors (Lipinski definition) is 1. The van der Waals surface area contributed by atoms with Crippen LogP contribution in [0.25, 0.3) is 4.96 Å². The van der Waals surface area contributed by atoms with Crippen LogP contribution in [0.1, 0.15) is 31.2 Å². The molecule has 1 saturated carbocycles. The van der Waals surface area contributed by atoms with E-state index < -0.39 is 0 Å². The number of aromatic nitrogens is 2. The van der Waals surface area contributed by atoms with E-state index in [0.29, 0.717) is 12.6 Å². The van der Waals surface area contributed by atoms with Gasteiger partial charge in [-0.05, 0) is 26.7 Å². The molecule has 1 amide bonds. The molecule has 26 heavy (non-hydrogen) atoms. The summed E-state index contributed by atoms with van der Waals surface area (Å²) in [5.74, 6) is 0.147. The molecule has 1 aliphatic heterocycles. The molecule has 2 fully saturated rings. The van der Waals surface area contributed by atoms with Crippen LogP contribution in [-0.4, -0.2) is 63.4 Å². The third-order valence-electron chi connectivity index (χ3n) is 5.27. The molecule has 140 valence electrons. The van der Waals surface area contributed by atoms with Crippen LogP contribution in [-0.2, 0) is 11.3 Å². The minimum absolute atomic E-state index is 0.00671. The first-order valence-electron chi connectivity index (χ1n) is 9.25. The zero-order valence-electron chi connectivity index (χ0n) is 15.3. The maximum atomic E-state index is 12.3. The predicted octanol–water partition coefficient (Wildman–Crippen LogP) is 0.849. The van der Waals surface area contributed by atoms with Gasteiger partial charge in [-0.15, -0.1) is 11.3 Å². The molecule has 3 heterocycles. The first kappa shape index (κ1) is 17.6. The average molecular weight is 375 g/mol. The maximum Gasteiger partial charge on any atom is 0.259 e. The lowest BCUT2D eigenvalue weighted by molar-refractivity contribution is -0.126. The van der Waals surface area contributed by atoms with Crippen molar-refractivity contribution in [1.82, 2.24) is 24.5 Å². The number of nitrogens with zero attached hydrogens (tertiary/aromatic N) is 4. The van der Waals surface area contributed by atoms with Gasteiger partial charge in [0.1, 0.15) is 0 Å². The van der Waals surface area contributed by atoms with Crippen LogP contribution >= 0.6 is 11.3 Å². The second kappa shape index (κ2) is 7.09. The molecular formula is C18H25N5O2S. The van der Waals surface area contributed by atoms with Gasteiger partial charge < -0.3 is 5.32 Å². The Morgan fingerprint density at radius 2 is 2.08 bits per heavy atom. The van der Waals surface area contributed by atoms with Crippen LogP contribution in [0.15, 0.2) is 16.2 Å². The van der Waals surface area contributed by atoms with E-state index in [4.69, 9.17) is 0 Å². The van der Waals surface area contributed by atoms with Crippen molar-refractivity contribution in [2.75, 3.05) is 26.2 Å². The summed E-state index contributed by atoms with van der Waals surface area (Å²) in [6.45, 7) is 8.07. The average Bonchev–Trinajstić information content (AvgIpc) is 3.35. The molecular weight excluding hydrogens is 350 g/mol. The fourth-order valence-corrected chi connectivity index (χ4v) is 4.33. The Hall–Kier alpha value is -1.77. The van der Waals surface area contributed by atoms with Gasteiger partial charge in [0.2, 0.25) is 5.91 Å². The Bertz CT molecular complexity index is 864. The van der Waals surface area contributed by atoms with Crippen molar-refractivity contribution in [1.29, 1.82) is 0 Å². The normalized spacial score (nSPS) is 20.4. The number of rotatable bonds is 5. The number of aryl methyl sites for hydroxylation is 1. The number of piperazine rings is 1. The molecule has 1 aliphatic carbocycles. The summed E-state index contributed by atoms with van der Waals surface area (Å²) < 4.78 is 1.66. The van der Waals surface area contributed by atoms with E-state index in [2.05, 4.69) is 20.1 Å². The van der Waals surface area contributed by atoms with Crippen molar-refractivity contribution < 1.29 is 4.79 Å². The van der Waals surface area contributed by atoms with Crippen molar-refractivity contribution >= 4 is 22.2 Å². The van der Waals surface area contributed by atoms with E-state index in [1.54, 1.807) is 10.5 Å². The highest BCUT2D eigenvalue weighted by atomic mass is 32.1. The first-order chi connectivity index (χ1) is 12.5. The van der Waals surface area contributed by atoms with Gasteiger partial charge in [0.15, 0.2) is 4.96 Å². The summed E-state index contributed by atoms with van der Waals surface area (Å²) in [5, 5.41) is 5.05. The predicted molar refractivity (Wildman–Crippen MR) is 102 cm³/mol. The number of hydrogen-bond acceptors (Lipinski definition) is 6. The number of nitrogens with one attached hydrogen (secondary N) is 1. The molecule has 1 atom stereocenters. The van der Waals surface area contributed by atoms with Crippen LogP contribution in [0.3, 0.4) is 0 Å². The van der Waals surface area contributed by atoms with Gasteiger partial charge in [0.25, 0.3) is 5.56 Å². The van der Waals surface area contributed by atoms with Crippen LogP contribution < -0.4 is 10.9 Å². The van der Waals surface area contributed by atoms with Gasteiger partial charge in [-0.1, -0.05) is 0 Å². The Balaban J connectivity index is 1.35. The smallest absolute Gasteiger partial charge is 0.259 e. The van der Waals surface area contributed by atoms with Gasteiger partial charge in [0, 0.05) is 55.9 Å². The first-order valence-corrected chi connectivity index (χ1v) is 10.1. The standard InChI is InChI=1S/C18H25N5O2S/c1-12-11-26-18-20-15(9-16(24)23(12)18)10-21-5-7-22(8-6-21)13(2)17(25)19-14-3-4-14/h9,11,13-14H,3-8,10H2,1-2H3,(H,19,25). The lowest BCUT2D eigenvalue weighted by Gasteiger charge is -2.37. The number of carbonyl (C=O) groups excluding carboxylic acids is 1. The molecule has 2 aromatic heterocycles. The van der Waals surface area contributed by atoms with Crippen molar-refractivity contribution in [3.63, 3.8) is 0 Å². The molecule has 1 unspecified atom stereocenters. The molecule has 2 aliphatic rings. The zero-order valence-corrected chi connectivity index (χ0v) is 16.1. The maximum absolute atomic E-state index is 12.3. The Labute approximate surface area is 156 Å². The van der Waals surface area contributed by atoms with Gasteiger partial charge in [-0.3, -0.25) is 23.8 Å². The summed E-state index contributed by atoms with van der Waals surface area (Å²) >= 11 is 1.50. The molecule has 1 N–H and O–H groups in total. The molecule has 0 spiro atoms. The summed E-state index contributed by atoms with van der Waals surface area (Å²) in [7, 11) is 0. The van der Waals surface area contributed by atoms with Crippen LogP contribution in [0.2, 0.25) is 0 Å². The van der Waals surface area contributed by atoms with E-state index in [0.717, 1.165) is 55.4 Å². The molecule has 1 saturated heterocycles. The molecule has 7 nitrogen and oxygen atoms in total. The Kier molecular flexibility index (Phi) is 4.81. The van der Waals surface area contributed by atoms with E-state index >= 15 is 0 Å². The van der Waals surface area contributed by atoms with Gasteiger partial charge in [-0.2, -0.15) is 0 Å². The zero-order chi connectivity index (χ0) is 18.3. The van der Waals surface area contributed by atoms with Crippen LogP contribution in [0.5, 0.6) is 0 Å². The summed E-state index contributed by atoms with van der Waals surface area (Å²) in [6.07, 6.45) is 2.24. The second-order valence-corrected chi connectivity index (χ2v) is 8.19. The van der Waals surface area contributed by atoms with E-state index in [-0.39, 0.29) is 17.5 Å². The number of amides is 1. The third-order valence-corrected chi connectivity index (χ3v) is 6.22. The van der Waals surface area contributed by atoms with Crippen molar-refractivity contribution in [2.45, 2.75) is 45.3 Å². The van der Waals surface area contributed by atoms with Crippen molar-refractivity contribution in [2.24, 2.45) is 0 Å². The molecule has 4 rings (SSSR count). The Morgan fingerprint density at radius 3 is 2.77 bits per heavy atom. The van der Waals surface area contributed by atoms with E-state index in [9.17, 15) is 9.59 Å². The number of carbonyl (C=O) groups is 1. The highest BCUT2D eigenvalue weighted by Crippen LogP contribution is 2.19. The summed E-state index contributed by atoms with van der Waals surface area (Å²) in [4.78, 5) is 34.4. The van der Waals surface area contributed by atoms with Gasteiger partial charge >= 0.3 is 0 Å². The Morgan fingerprint density at radius 1 is 1.35 bits per heavy atom. The van der Waals surface area contributed by atoms with Crippen LogP contribution in [0.4, 0.5) is 0 Å². The molecule has 2 aromatic rings. The number of fused-ring (bicyclic) bond motifs is 1. The van der Waals surface area contributed by atoms with Crippen LogP contribution in [0, 0.1) is 6.92 Å². The molecule has 0 bridgehead atoms. The van der Waals surface area contributed by atoms with Gasteiger partial charge in [0.05, 0.1) is 11.7 Å². The fraction of sp³-hybridized carbons (Fsp3) is 0.611. The highest BCUT2D eigenvalue weighted by Gasteiger charge is 2.30. The highest BCUT2D eigenvalue weighted by molar-refractivity contribution is 7.15. The molecule has 0 radical (unpaired) electrons. The fourth-order valence-electron chi connectivity index (χ4n) is 3.44. The van der Waals surface area contributed by atoms with E-state index in [1.807, 2.05) is 19.2 Å². The summed E-state index contributed by atoms with van der Waals surface area (Å²) in [6, 6.07) is 1.98. The third kappa shape index (κ3) is 3.67. The number of thiazole rings is 1. The minimum atomic E-state index is -0.0778. The van der Waals surface area contributed by atoms with Crippen molar-refractivity contribution in [3.05, 3.63) is 33.2 Å². The monoisotopic (exact) mass is 375 g/mol. The van der Waals surface area contributed by atoms with Gasteiger partial charge in [-0.25, -0.2) is 4.98 Å². The molecule has 8 heteroatoms.